The van der Waals surface area contributed by atoms with Crippen LogP contribution in [0.5, 0.6) is 0 Å². The molecule has 0 radical (unpaired) electrons. The number of carbonyl (C=O) groups excluding carboxylic acids is 2. The van der Waals surface area contributed by atoms with Crippen LogP contribution in [0.2, 0.25) is 0 Å². The molecule has 2 aliphatic carbocycles. The van der Waals surface area contributed by atoms with Gasteiger partial charge in [0.05, 0.1) is 5.92 Å². The van der Waals surface area contributed by atoms with Crippen molar-refractivity contribution in [1.82, 2.24) is 10.2 Å². The van der Waals surface area contributed by atoms with Crippen molar-refractivity contribution >= 4 is 18.0 Å². The Labute approximate surface area is 205 Å². The van der Waals surface area contributed by atoms with E-state index in [1.807, 2.05) is 24.3 Å². The highest BCUT2D eigenvalue weighted by Crippen LogP contribution is 2.44. The number of amides is 2. The summed E-state index contributed by atoms with van der Waals surface area (Å²) in [6.45, 7) is 0.838. The minimum atomic E-state index is -0.951. The predicted molar refractivity (Wildman–Crippen MR) is 131 cm³/mol. The van der Waals surface area contributed by atoms with Crippen molar-refractivity contribution in [3.05, 3.63) is 59.7 Å². The van der Waals surface area contributed by atoms with Gasteiger partial charge in [0, 0.05) is 19.0 Å². The number of nitrogens with zero attached hydrogens (tertiary/aromatic N) is 1. The number of carboxylic acids is 1. The SMILES string of the molecule is O=C(NCC(CC1CC1)C(=O)N1CCCC[C@@H]1C(=O)O)OCC1c2ccccc2-c2ccccc21. The van der Waals surface area contributed by atoms with Gasteiger partial charge in [-0.05, 0) is 53.9 Å². The van der Waals surface area contributed by atoms with Crippen LogP contribution in [0.25, 0.3) is 11.1 Å². The van der Waals surface area contributed by atoms with Gasteiger partial charge in [-0.15, -0.1) is 0 Å². The molecule has 1 saturated carbocycles. The van der Waals surface area contributed by atoms with Crippen molar-refractivity contribution in [2.24, 2.45) is 11.8 Å². The van der Waals surface area contributed by atoms with Crippen molar-refractivity contribution in [1.29, 1.82) is 0 Å². The van der Waals surface area contributed by atoms with E-state index in [4.69, 9.17) is 4.74 Å². The average molecular weight is 477 g/mol. The number of carboxylic acid groups (broad SMARTS) is 1. The zero-order valence-corrected chi connectivity index (χ0v) is 19.8. The fraction of sp³-hybridized carbons (Fsp3) is 0.464. The zero-order chi connectivity index (χ0) is 24.4. The lowest BCUT2D eigenvalue weighted by Crippen LogP contribution is -2.51. The van der Waals surface area contributed by atoms with Crippen molar-refractivity contribution in [3.8, 4) is 11.1 Å². The second kappa shape index (κ2) is 10.1. The summed E-state index contributed by atoms with van der Waals surface area (Å²) in [4.78, 5) is 39.2. The van der Waals surface area contributed by atoms with Crippen LogP contribution in [-0.2, 0) is 14.3 Å². The maximum Gasteiger partial charge on any atom is 0.407 e. The molecule has 35 heavy (non-hydrogen) atoms. The molecule has 2 aromatic carbocycles. The molecule has 2 amide bonds. The molecule has 0 bridgehead atoms. The third kappa shape index (κ3) is 5.04. The molecule has 2 atom stereocenters. The normalized spacial score (nSPS) is 20.0. The van der Waals surface area contributed by atoms with E-state index in [1.165, 1.54) is 16.0 Å². The molecule has 2 fully saturated rings. The molecule has 1 aliphatic heterocycles. The molecule has 7 nitrogen and oxygen atoms in total. The van der Waals surface area contributed by atoms with Crippen LogP contribution in [0, 0.1) is 11.8 Å². The van der Waals surface area contributed by atoms with Crippen molar-refractivity contribution in [3.63, 3.8) is 0 Å². The molecule has 0 aromatic heterocycles. The van der Waals surface area contributed by atoms with Crippen LogP contribution in [0.15, 0.2) is 48.5 Å². The first kappa shape index (κ1) is 23.4. The Kier molecular flexibility index (Phi) is 6.75. The fourth-order valence-corrected chi connectivity index (χ4v) is 5.57. The molecule has 1 saturated heterocycles. The number of ether oxygens (including phenoxy) is 1. The second-order valence-electron chi connectivity index (χ2n) is 9.96. The lowest BCUT2D eigenvalue weighted by atomic mass is 9.95. The number of rotatable bonds is 8. The maximum atomic E-state index is 13.3. The van der Waals surface area contributed by atoms with E-state index in [-0.39, 0.29) is 25.0 Å². The van der Waals surface area contributed by atoms with Crippen molar-refractivity contribution < 1.29 is 24.2 Å². The minimum absolute atomic E-state index is 0.0262. The Morgan fingerprint density at radius 1 is 0.971 bits per heavy atom. The first-order chi connectivity index (χ1) is 17.0. The van der Waals surface area contributed by atoms with Crippen molar-refractivity contribution in [2.45, 2.75) is 50.5 Å². The molecule has 2 aromatic rings. The standard InChI is InChI=1S/C28H32N2O5/c31-26(30-14-6-5-11-25(30)27(32)33)19(15-18-12-13-18)16-29-28(34)35-17-24-22-9-3-1-7-20(22)21-8-2-4-10-23(21)24/h1-4,7-10,18-19,24-25H,5-6,11-17H2,(H,29,34)(H,32,33)/t19?,25-/m1/s1. The molecular formula is C28H32N2O5. The lowest BCUT2D eigenvalue weighted by Gasteiger charge is -2.35. The first-order valence-corrected chi connectivity index (χ1v) is 12.6. The summed E-state index contributed by atoms with van der Waals surface area (Å²) in [6.07, 6.45) is 4.39. The van der Waals surface area contributed by atoms with Gasteiger partial charge in [-0.25, -0.2) is 9.59 Å². The Morgan fingerprint density at radius 2 is 1.63 bits per heavy atom. The summed E-state index contributed by atoms with van der Waals surface area (Å²) in [5.74, 6) is -1.10. The van der Waals surface area contributed by atoms with Crippen LogP contribution >= 0.6 is 0 Å². The molecule has 3 aliphatic rings. The Morgan fingerprint density at radius 3 is 2.26 bits per heavy atom. The monoisotopic (exact) mass is 476 g/mol. The summed E-state index contributed by atoms with van der Waals surface area (Å²) in [5.41, 5.74) is 4.63. The van der Waals surface area contributed by atoms with E-state index < -0.39 is 24.0 Å². The number of carbonyl (C=O) groups is 3. The van der Waals surface area contributed by atoms with Gasteiger partial charge in [0.1, 0.15) is 12.6 Å². The third-order valence-electron chi connectivity index (χ3n) is 7.57. The molecule has 1 unspecified atom stereocenters. The summed E-state index contributed by atoms with van der Waals surface area (Å²) in [6, 6.07) is 15.6. The van der Waals surface area contributed by atoms with Gasteiger partial charge in [0.2, 0.25) is 5.91 Å². The van der Waals surface area contributed by atoms with Crippen LogP contribution in [0.1, 0.15) is 55.6 Å². The first-order valence-electron chi connectivity index (χ1n) is 12.6. The second-order valence-corrected chi connectivity index (χ2v) is 9.96. The highest BCUT2D eigenvalue weighted by molar-refractivity contribution is 5.86. The van der Waals surface area contributed by atoms with Gasteiger partial charge in [0.25, 0.3) is 0 Å². The largest absolute Gasteiger partial charge is 0.480 e. The molecule has 0 spiro atoms. The number of hydrogen-bond donors (Lipinski definition) is 2. The molecule has 5 rings (SSSR count). The topological polar surface area (TPSA) is 95.9 Å². The number of aliphatic carboxylic acids is 1. The summed E-state index contributed by atoms with van der Waals surface area (Å²) in [5, 5.41) is 12.4. The van der Waals surface area contributed by atoms with Crippen molar-refractivity contribution in [2.75, 3.05) is 19.7 Å². The van der Waals surface area contributed by atoms with Crippen LogP contribution in [-0.4, -0.2) is 53.7 Å². The van der Waals surface area contributed by atoms with Crippen LogP contribution in [0.3, 0.4) is 0 Å². The lowest BCUT2D eigenvalue weighted by molar-refractivity contribution is -0.154. The number of hydrogen-bond acceptors (Lipinski definition) is 4. The minimum Gasteiger partial charge on any atom is -0.480 e. The summed E-state index contributed by atoms with van der Waals surface area (Å²) in [7, 11) is 0. The van der Waals surface area contributed by atoms with E-state index in [9.17, 15) is 19.5 Å². The number of alkyl carbamates (subject to hydrolysis) is 1. The fourth-order valence-electron chi connectivity index (χ4n) is 5.57. The highest BCUT2D eigenvalue weighted by atomic mass is 16.5. The van der Waals surface area contributed by atoms with E-state index >= 15 is 0 Å². The van der Waals surface area contributed by atoms with Gasteiger partial charge >= 0.3 is 12.1 Å². The van der Waals surface area contributed by atoms with E-state index in [2.05, 4.69) is 29.6 Å². The smallest absolute Gasteiger partial charge is 0.407 e. The number of fused-ring (bicyclic) bond motifs is 3. The number of likely N-dealkylation sites (tertiary alicyclic amines) is 1. The van der Waals surface area contributed by atoms with Gasteiger partial charge < -0.3 is 20.1 Å². The van der Waals surface area contributed by atoms with Crippen LogP contribution in [0.4, 0.5) is 4.79 Å². The molecule has 7 heteroatoms. The maximum absolute atomic E-state index is 13.3. The summed E-state index contributed by atoms with van der Waals surface area (Å²) < 4.78 is 5.63. The number of benzene rings is 2. The molecule has 1 heterocycles. The van der Waals surface area contributed by atoms with E-state index in [0.29, 0.717) is 25.3 Å². The number of nitrogens with one attached hydrogen (secondary N) is 1. The van der Waals surface area contributed by atoms with Gasteiger partial charge in [-0.2, -0.15) is 0 Å². The van der Waals surface area contributed by atoms with Gasteiger partial charge in [0.15, 0.2) is 0 Å². The highest BCUT2D eigenvalue weighted by Gasteiger charge is 2.38. The zero-order valence-electron chi connectivity index (χ0n) is 19.8. The summed E-state index contributed by atoms with van der Waals surface area (Å²) >= 11 is 0. The van der Waals surface area contributed by atoms with Gasteiger partial charge in [-0.3, -0.25) is 4.79 Å². The van der Waals surface area contributed by atoms with Crippen LogP contribution < -0.4 is 5.32 Å². The van der Waals surface area contributed by atoms with E-state index in [0.717, 1.165) is 36.8 Å². The molecular weight excluding hydrogens is 444 g/mol. The average Bonchev–Trinajstić information content (AvgIpc) is 3.65. The number of piperidine rings is 1. The van der Waals surface area contributed by atoms with Gasteiger partial charge in [-0.1, -0.05) is 61.4 Å². The third-order valence-corrected chi connectivity index (χ3v) is 7.57. The molecule has 184 valence electrons. The van der Waals surface area contributed by atoms with E-state index in [1.54, 1.807) is 0 Å². The Bertz CT molecular complexity index is 1070. The Hall–Kier alpha value is -3.35. The Balaban J connectivity index is 1.21. The molecule has 2 N–H and O–H groups in total. The predicted octanol–water partition coefficient (Wildman–Crippen LogP) is 4.41. The quantitative estimate of drug-likeness (QED) is 0.589.